The lowest BCUT2D eigenvalue weighted by molar-refractivity contribution is -0.115. The molecule has 0 spiro atoms. The van der Waals surface area contributed by atoms with Crippen LogP contribution in [0.25, 0.3) is 0 Å². The predicted molar refractivity (Wildman–Crippen MR) is 87.9 cm³/mol. The van der Waals surface area contributed by atoms with Crippen LogP contribution in [0.2, 0.25) is 5.02 Å². The van der Waals surface area contributed by atoms with Crippen LogP contribution in [0.5, 0.6) is 0 Å². The number of anilines is 2. The number of hydrogen-bond donors (Lipinski definition) is 2. The van der Waals surface area contributed by atoms with Crippen molar-refractivity contribution >= 4 is 34.6 Å². The van der Waals surface area contributed by atoms with E-state index in [0.29, 0.717) is 16.4 Å². The van der Waals surface area contributed by atoms with E-state index in [1.807, 2.05) is 42.5 Å². The van der Waals surface area contributed by atoms with Gasteiger partial charge in [0, 0.05) is 5.71 Å². The maximum absolute atomic E-state index is 11.9. The molecule has 4 nitrogen and oxygen atoms in total. The second-order valence-electron chi connectivity index (χ2n) is 4.53. The van der Waals surface area contributed by atoms with Crippen molar-refractivity contribution in [3.05, 3.63) is 59.6 Å². The molecule has 0 saturated heterocycles. The fraction of sp³-hybridized carbons (Fsp3) is 0.125. The first kappa shape index (κ1) is 15.1. The number of hydrazone groups is 1. The van der Waals surface area contributed by atoms with E-state index < -0.39 is 0 Å². The van der Waals surface area contributed by atoms with E-state index in [0.717, 1.165) is 5.69 Å². The first-order chi connectivity index (χ1) is 10.1. The summed E-state index contributed by atoms with van der Waals surface area (Å²) in [6, 6.07) is 16.7. The van der Waals surface area contributed by atoms with Crippen molar-refractivity contribution in [2.75, 3.05) is 10.7 Å². The number of carbonyl (C=O) groups excluding carboxylic acids is 1. The van der Waals surface area contributed by atoms with Gasteiger partial charge in [0.25, 0.3) is 0 Å². The molecule has 0 aliphatic rings. The van der Waals surface area contributed by atoms with Crippen LogP contribution >= 0.6 is 11.6 Å². The van der Waals surface area contributed by atoms with Crippen LogP contribution in [0, 0.1) is 0 Å². The zero-order valence-electron chi connectivity index (χ0n) is 11.6. The number of nitrogens with zero attached hydrogens (tertiary/aromatic N) is 1. The van der Waals surface area contributed by atoms with Gasteiger partial charge < -0.3 is 5.32 Å². The highest BCUT2D eigenvalue weighted by Gasteiger charge is 2.06. The van der Waals surface area contributed by atoms with E-state index in [2.05, 4.69) is 15.8 Å². The monoisotopic (exact) mass is 301 g/mol. The van der Waals surface area contributed by atoms with Gasteiger partial charge in [0.05, 0.1) is 22.8 Å². The Morgan fingerprint density at radius 1 is 1.10 bits per heavy atom. The lowest BCUT2D eigenvalue weighted by atomic mass is 10.2. The molecule has 2 N–H and O–H groups in total. The molecule has 0 aromatic heterocycles. The van der Waals surface area contributed by atoms with Crippen molar-refractivity contribution in [2.24, 2.45) is 5.10 Å². The first-order valence-electron chi connectivity index (χ1n) is 6.54. The molecule has 0 saturated carbocycles. The van der Waals surface area contributed by atoms with Crippen LogP contribution < -0.4 is 10.7 Å². The van der Waals surface area contributed by atoms with E-state index in [-0.39, 0.29) is 12.3 Å². The first-order valence-corrected chi connectivity index (χ1v) is 6.91. The highest BCUT2D eigenvalue weighted by molar-refractivity contribution is 6.33. The van der Waals surface area contributed by atoms with Crippen molar-refractivity contribution in [3.63, 3.8) is 0 Å². The summed E-state index contributed by atoms with van der Waals surface area (Å²) in [4.78, 5) is 11.9. The molecule has 108 valence electrons. The molecule has 21 heavy (non-hydrogen) atoms. The summed E-state index contributed by atoms with van der Waals surface area (Å²) in [5.41, 5.74) is 5.07. The van der Waals surface area contributed by atoms with Crippen molar-refractivity contribution in [3.8, 4) is 0 Å². The van der Waals surface area contributed by atoms with E-state index >= 15 is 0 Å². The third kappa shape index (κ3) is 4.93. The van der Waals surface area contributed by atoms with Gasteiger partial charge in [0.2, 0.25) is 5.91 Å². The molecule has 2 rings (SSSR count). The summed E-state index contributed by atoms with van der Waals surface area (Å²) >= 11 is 5.99. The number of rotatable bonds is 5. The van der Waals surface area contributed by atoms with Gasteiger partial charge in [-0.3, -0.25) is 10.2 Å². The molecule has 0 aliphatic heterocycles. The number of para-hydroxylation sites is 2. The molecule has 0 radical (unpaired) electrons. The van der Waals surface area contributed by atoms with Gasteiger partial charge in [-0.25, -0.2) is 0 Å². The standard InChI is InChI=1S/C16H16ClN3O/c1-12(19-20-13-7-3-2-4-8-13)11-16(21)18-15-10-6-5-9-14(15)17/h2-10,20H,11H2,1H3,(H,18,21)/b19-12+. The quantitative estimate of drug-likeness (QED) is 0.643. The lowest BCUT2D eigenvalue weighted by Gasteiger charge is -2.07. The van der Waals surface area contributed by atoms with E-state index in [4.69, 9.17) is 11.6 Å². The Kier molecular flexibility index (Phi) is 5.35. The summed E-state index contributed by atoms with van der Waals surface area (Å²) in [7, 11) is 0. The minimum atomic E-state index is -0.154. The molecule has 0 bridgehead atoms. The molecular weight excluding hydrogens is 286 g/mol. The zero-order valence-corrected chi connectivity index (χ0v) is 12.4. The van der Waals surface area contributed by atoms with Crippen molar-refractivity contribution in [1.82, 2.24) is 0 Å². The van der Waals surface area contributed by atoms with E-state index in [9.17, 15) is 4.79 Å². The minimum absolute atomic E-state index is 0.154. The molecule has 5 heteroatoms. The van der Waals surface area contributed by atoms with Gasteiger partial charge in [-0.05, 0) is 31.2 Å². The van der Waals surface area contributed by atoms with Crippen molar-refractivity contribution < 1.29 is 4.79 Å². The molecule has 0 unspecified atom stereocenters. The lowest BCUT2D eigenvalue weighted by Crippen LogP contribution is -2.15. The molecular formula is C16H16ClN3O. The van der Waals surface area contributed by atoms with Crippen LogP contribution in [0.4, 0.5) is 11.4 Å². The molecule has 0 fully saturated rings. The van der Waals surface area contributed by atoms with Gasteiger partial charge in [-0.15, -0.1) is 0 Å². The van der Waals surface area contributed by atoms with Crippen molar-refractivity contribution in [1.29, 1.82) is 0 Å². The largest absolute Gasteiger partial charge is 0.324 e. The number of nitrogens with one attached hydrogen (secondary N) is 2. The fourth-order valence-electron chi connectivity index (χ4n) is 1.70. The number of hydrogen-bond acceptors (Lipinski definition) is 3. The van der Waals surface area contributed by atoms with Gasteiger partial charge in [0.1, 0.15) is 0 Å². The Morgan fingerprint density at radius 3 is 2.48 bits per heavy atom. The fourth-order valence-corrected chi connectivity index (χ4v) is 1.88. The third-order valence-electron chi connectivity index (χ3n) is 2.71. The average molecular weight is 302 g/mol. The molecule has 2 aromatic carbocycles. The summed E-state index contributed by atoms with van der Waals surface area (Å²) in [5, 5.41) is 7.45. The smallest absolute Gasteiger partial charge is 0.230 e. The van der Waals surface area contributed by atoms with Crippen LogP contribution in [0.15, 0.2) is 59.7 Å². The molecule has 2 aromatic rings. The van der Waals surface area contributed by atoms with Crippen LogP contribution in [0.1, 0.15) is 13.3 Å². The summed E-state index contributed by atoms with van der Waals surface area (Å²) in [6.45, 7) is 1.79. The Hall–Kier alpha value is -2.33. The maximum Gasteiger partial charge on any atom is 0.230 e. The Bertz CT molecular complexity index is 641. The number of halogens is 1. The molecule has 0 heterocycles. The molecule has 0 atom stereocenters. The third-order valence-corrected chi connectivity index (χ3v) is 3.04. The summed E-state index contributed by atoms with van der Waals surface area (Å²) in [6.07, 6.45) is 0.199. The summed E-state index contributed by atoms with van der Waals surface area (Å²) in [5.74, 6) is -0.154. The minimum Gasteiger partial charge on any atom is -0.324 e. The second-order valence-corrected chi connectivity index (χ2v) is 4.94. The maximum atomic E-state index is 11.9. The van der Waals surface area contributed by atoms with Crippen molar-refractivity contribution in [2.45, 2.75) is 13.3 Å². The van der Waals surface area contributed by atoms with E-state index in [1.54, 1.807) is 19.1 Å². The SMILES string of the molecule is C/C(CC(=O)Nc1ccccc1Cl)=N\Nc1ccccc1. The van der Waals surface area contributed by atoms with Crippen LogP contribution in [0.3, 0.4) is 0 Å². The highest BCUT2D eigenvalue weighted by atomic mass is 35.5. The second kappa shape index (κ2) is 7.45. The summed E-state index contributed by atoms with van der Waals surface area (Å²) < 4.78 is 0. The number of carbonyl (C=O) groups is 1. The average Bonchev–Trinajstić information content (AvgIpc) is 2.48. The normalized spacial score (nSPS) is 11.0. The van der Waals surface area contributed by atoms with Gasteiger partial charge in [-0.1, -0.05) is 41.9 Å². The van der Waals surface area contributed by atoms with Gasteiger partial charge in [-0.2, -0.15) is 5.10 Å². The number of amides is 1. The topological polar surface area (TPSA) is 53.5 Å². The van der Waals surface area contributed by atoms with Crippen LogP contribution in [-0.4, -0.2) is 11.6 Å². The van der Waals surface area contributed by atoms with E-state index in [1.165, 1.54) is 0 Å². The Morgan fingerprint density at radius 2 is 1.76 bits per heavy atom. The predicted octanol–water partition coefficient (Wildman–Crippen LogP) is 4.16. The molecule has 0 aliphatic carbocycles. The highest BCUT2D eigenvalue weighted by Crippen LogP contribution is 2.20. The Balaban J connectivity index is 1.89. The Labute approximate surface area is 128 Å². The number of benzene rings is 2. The molecule has 1 amide bonds. The van der Waals surface area contributed by atoms with Gasteiger partial charge in [0.15, 0.2) is 0 Å². The van der Waals surface area contributed by atoms with Crippen LogP contribution in [-0.2, 0) is 4.79 Å². The van der Waals surface area contributed by atoms with Gasteiger partial charge >= 0.3 is 0 Å². The zero-order chi connectivity index (χ0) is 15.1.